The molecule has 0 saturated carbocycles. The molecule has 0 aliphatic carbocycles. The summed E-state index contributed by atoms with van der Waals surface area (Å²) in [5.74, 6) is 0.276. The number of aromatic nitrogens is 2. The fourth-order valence-corrected chi connectivity index (χ4v) is 2.21. The lowest BCUT2D eigenvalue weighted by atomic mass is 10.3. The van der Waals surface area contributed by atoms with Gasteiger partial charge < -0.3 is 10.6 Å². The van der Waals surface area contributed by atoms with Crippen LogP contribution in [0, 0.1) is 0 Å². The first-order valence-corrected chi connectivity index (χ1v) is 7.71. The van der Waals surface area contributed by atoms with Crippen LogP contribution in [0.25, 0.3) is 0 Å². The molecule has 2 aromatic carbocycles. The van der Waals surface area contributed by atoms with Gasteiger partial charge in [0, 0.05) is 21.9 Å². The molecule has 0 saturated heterocycles. The molecule has 0 atom stereocenters. The normalized spacial score (nSPS) is 10.1. The molecule has 1 heterocycles. The number of nitrogens with one attached hydrogen (secondary N) is 2. The van der Waals surface area contributed by atoms with E-state index in [9.17, 15) is 4.79 Å². The van der Waals surface area contributed by atoms with E-state index < -0.39 is 0 Å². The highest BCUT2D eigenvalue weighted by Crippen LogP contribution is 2.18. The molecular formula is C17H13BrN4O. The van der Waals surface area contributed by atoms with Crippen molar-refractivity contribution >= 4 is 39.0 Å². The maximum atomic E-state index is 12.2. The Bertz CT molecular complexity index is 806. The van der Waals surface area contributed by atoms with Gasteiger partial charge in [-0.05, 0) is 36.4 Å². The Morgan fingerprint density at radius 3 is 2.39 bits per heavy atom. The summed E-state index contributed by atoms with van der Waals surface area (Å²) < 4.78 is 0.994. The summed E-state index contributed by atoms with van der Waals surface area (Å²) in [5.41, 5.74) is 1.89. The maximum Gasteiger partial charge on any atom is 0.274 e. The van der Waals surface area contributed by atoms with Crippen LogP contribution in [0.4, 0.5) is 17.2 Å². The highest BCUT2D eigenvalue weighted by atomic mass is 79.9. The van der Waals surface area contributed by atoms with Gasteiger partial charge in [0.05, 0.1) is 0 Å². The first kappa shape index (κ1) is 15.2. The lowest BCUT2D eigenvalue weighted by Gasteiger charge is -2.08. The van der Waals surface area contributed by atoms with E-state index in [0.717, 1.165) is 15.8 Å². The second-order valence-electron chi connectivity index (χ2n) is 4.74. The molecule has 6 heteroatoms. The second-order valence-corrected chi connectivity index (χ2v) is 5.66. The van der Waals surface area contributed by atoms with Crippen LogP contribution in [0.5, 0.6) is 0 Å². The van der Waals surface area contributed by atoms with Gasteiger partial charge in [-0.2, -0.15) is 0 Å². The molecule has 0 unspecified atom stereocenters. The van der Waals surface area contributed by atoms with Crippen molar-refractivity contribution in [1.29, 1.82) is 0 Å². The average Bonchev–Trinajstić information content (AvgIpc) is 2.58. The van der Waals surface area contributed by atoms with E-state index in [-0.39, 0.29) is 5.91 Å². The highest BCUT2D eigenvalue weighted by Gasteiger charge is 2.09. The van der Waals surface area contributed by atoms with Crippen LogP contribution >= 0.6 is 15.9 Å². The van der Waals surface area contributed by atoms with E-state index in [2.05, 4.69) is 36.5 Å². The monoisotopic (exact) mass is 368 g/mol. The van der Waals surface area contributed by atoms with Crippen molar-refractivity contribution in [2.24, 2.45) is 0 Å². The zero-order valence-corrected chi connectivity index (χ0v) is 13.6. The van der Waals surface area contributed by atoms with Gasteiger partial charge in [0.2, 0.25) is 0 Å². The zero-order chi connectivity index (χ0) is 16.1. The minimum absolute atomic E-state index is 0.280. The molecule has 3 aromatic rings. The Balaban J connectivity index is 1.74. The molecule has 0 radical (unpaired) electrons. The van der Waals surface area contributed by atoms with Gasteiger partial charge in [0.1, 0.15) is 17.8 Å². The zero-order valence-electron chi connectivity index (χ0n) is 12.0. The number of carbonyl (C=O) groups excluding carboxylic acids is 1. The Morgan fingerprint density at radius 1 is 0.913 bits per heavy atom. The van der Waals surface area contributed by atoms with Crippen molar-refractivity contribution in [3.05, 3.63) is 77.2 Å². The SMILES string of the molecule is O=C(Nc1ccccc1)c1cc(Nc2ccc(Br)cc2)ncn1. The van der Waals surface area contributed by atoms with E-state index in [4.69, 9.17) is 0 Å². The van der Waals surface area contributed by atoms with Gasteiger partial charge in [0.15, 0.2) is 0 Å². The van der Waals surface area contributed by atoms with E-state index >= 15 is 0 Å². The molecular weight excluding hydrogens is 356 g/mol. The molecule has 3 rings (SSSR count). The van der Waals surface area contributed by atoms with Crippen LogP contribution in [-0.4, -0.2) is 15.9 Å². The Morgan fingerprint density at radius 2 is 1.65 bits per heavy atom. The number of halogens is 1. The van der Waals surface area contributed by atoms with Crippen molar-refractivity contribution in [2.45, 2.75) is 0 Å². The molecule has 1 aromatic heterocycles. The standard InChI is InChI=1S/C17H13BrN4O/c18-12-6-8-14(9-7-12)21-16-10-15(19-11-20-16)17(23)22-13-4-2-1-3-5-13/h1-11H,(H,22,23)(H,19,20,21). The molecule has 1 amide bonds. The number of amides is 1. The Hall–Kier alpha value is -2.73. The lowest BCUT2D eigenvalue weighted by molar-refractivity contribution is 0.102. The third-order valence-electron chi connectivity index (χ3n) is 3.05. The van der Waals surface area contributed by atoms with Crippen LogP contribution in [0.3, 0.4) is 0 Å². The largest absolute Gasteiger partial charge is 0.340 e. The number of para-hydroxylation sites is 1. The molecule has 0 aliphatic heterocycles. The van der Waals surface area contributed by atoms with Crippen LogP contribution in [-0.2, 0) is 0 Å². The van der Waals surface area contributed by atoms with Crippen molar-refractivity contribution < 1.29 is 4.79 Å². The van der Waals surface area contributed by atoms with Crippen LogP contribution < -0.4 is 10.6 Å². The van der Waals surface area contributed by atoms with Crippen LogP contribution in [0.15, 0.2) is 71.5 Å². The number of hydrogen-bond acceptors (Lipinski definition) is 4. The van der Waals surface area contributed by atoms with Crippen LogP contribution in [0.2, 0.25) is 0 Å². The fourth-order valence-electron chi connectivity index (χ4n) is 1.95. The van der Waals surface area contributed by atoms with Crippen molar-refractivity contribution in [3.63, 3.8) is 0 Å². The van der Waals surface area contributed by atoms with Crippen molar-refractivity contribution in [3.8, 4) is 0 Å². The minimum Gasteiger partial charge on any atom is -0.340 e. The number of nitrogens with zero attached hydrogens (tertiary/aromatic N) is 2. The number of rotatable bonds is 4. The predicted octanol–water partition coefficient (Wildman–Crippen LogP) is 4.24. The third-order valence-corrected chi connectivity index (χ3v) is 3.58. The highest BCUT2D eigenvalue weighted by molar-refractivity contribution is 9.10. The fraction of sp³-hybridized carbons (Fsp3) is 0. The summed E-state index contributed by atoms with van der Waals surface area (Å²) in [5, 5.41) is 5.93. The molecule has 0 bridgehead atoms. The molecule has 114 valence electrons. The number of hydrogen-bond donors (Lipinski definition) is 2. The Kier molecular flexibility index (Phi) is 4.63. The smallest absolute Gasteiger partial charge is 0.274 e. The Labute approximate surface area is 141 Å². The lowest BCUT2D eigenvalue weighted by Crippen LogP contribution is -2.14. The molecule has 0 aliphatic rings. The first-order valence-electron chi connectivity index (χ1n) is 6.92. The van der Waals surface area contributed by atoms with E-state index in [1.807, 2.05) is 54.6 Å². The number of carbonyl (C=O) groups is 1. The molecule has 0 fully saturated rings. The van der Waals surface area contributed by atoms with E-state index in [1.165, 1.54) is 6.33 Å². The maximum absolute atomic E-state index is 12.2. The minimum atomic E-state index is -0.280. The van der Waals surface area contributed by atoms with Gasteiger partial charge in [-0.15, -0.1) is 0 Å². The van der Waals surface area contributed by atoms with Gasteiger partial charge in [0.25, 0.3) is 5.91 Å². The quantitative estimate of drug-likeness (QED) is 0.722. The molecule has 23 heavy (non-hydrogen) atoms. The molecule has 2 N–H and O–H groups in total. The van der Waals surface area contributed by atoms with Crippen LogP contribution in [0.1, 0.15) is 10.5 Å². The molecule has 5 nitrogen and oxygen atoms in total. The summed E-state index contributed by atoms with van der Waals surface area (Å²) in [7, 11) is 0. The number of anilines is 3. The number of benzene rings is 2. The third kappa shape index (κ3) is 4.14. The summed E-state index contributed by atoms with van der Waals surface area (Å²) in [6, 6.07) is 18.5. The molecule has 0 spiro atoms. The van der Waals surface area contributed by atoms with Gasteiger partial charge in [-0.1, -0.05) is 34.1 Å². The summed E-state index contributed by atoms with van der Waals surface area (Å²) in [6.45, 7) is 0. The van der Waals surface area contributed by atoms with E-state index in [0.29, 0.717) is 11.5 Å². The average molecular weight is 369 g/mol. The topological polar surface area (TPSA) is 66.9 Å². The predicted molar refractivity (Wildman–Crippen MR) is 93.9 cm³/mol. The van der Waals surface area contributed by atoms with E-state index in [1.54, 1.807) is 6.07 Å². The first-order chi connectivity index (χ1) is 11.2. The summed E-state index contributed by atoms with van der Waals surface area (Å²) in [4.78, 5) is 20.4. The van der Waals surface area contributed by atoms with Crippen molar-refractivity contribution in [1.82, 2.24) is 9.97 Å². The second kappa shape index (κ2) is 7.02. The summed E-state index contributed by atoms with van der Waals surface area (Å²) in [6.07, 6.45) is 1.36. The summed E-state index contributed by atoms with van der Waals surface area (Å²) >= 11 is 3.39. The van der Waals surface area contributed by atoms with Gasteiger partial charge >= 0.3 is 0 Å². The van der Waals surface area contributed by atoms with Gasteiger partial charge in [-0.25, -0.2) is 9.97 Å². The van der Waals surface area contributed by atoms with Crippen molar-refractivity contribution in [2.75, 3.05) is 10.6 Å². The van der Waals surface area contributed by atoms with Gasteiger partial charge in [-0.3, -0.25) is 4.79 Å².